The van der Waals surface area contributed by atoms with Crippen molar-refractivity contribution in [2.75, 3.05) is 0 Å². The Balaban J connectivity index is 2.92. The second-order valence-electron chi connectivity index (χ2n) is 3.68. The highest BCUT2D eigenvalue weighted by molar-refractivity contribution is 5.76. The molecule has 0 aliphatic heterocycles. The molecule has 0 aliphatic carbocycles. The normalized spacial score (nSPS) is 12.5. The minimum Gasteiger partial charge on any atom is -0.300 e. The third-order valence-electron chi connectivity index (χ3n) is 2.44. The number of carbonyl (C=O) groups is 1. The van der Waals surface area contributed by atoms with E-state index in [0.29, 0.717) is 12.0 Å². The molecule has 1 rings (SSSR count). The van der Waals surface area contributed by atoms with Gasteiger partial charge in [-0.3, -0.25) is 0 Å². The Labute approximate surface area is 88.1 Å². The molecule has 0 heterocycles. The van der Waals surface area contributed by atoms with E-state index in [-0.39, 0.29) is 11.7 Å². The van der Waals surface area contributed by atoms with Crippen LogP contribution in [0.4, 0.5) is 8.78 Å². The molecule has 1 aromatic carbocycles. The molecule has 15 heavy (non-hydrogen) atoms. The lowest BCUT2D eigenvalue weighted by Crippen LogP contribution is -2.04. The number of ketones is 1. The summed E-state index contributed by atoms with van der Waals surface area (Å²) in [5.74, 6) is -1.66. The summed E-state index contributed by atoms with van der Waals surface area (Å²) < 4.78 is 25.6. The van der Waals surface area contributed by atoms with Gasteiger partial charge in [0.15, 0.2) is 11.6 Å². The van der Waals surface area contributed by atoms with E-state index in [9.17, 15) is 13.6 Å². The summed E-state index contributed by atoms with van der Waals surface area (Å²) in [6.07, 6.45) is 1.12. The minimum absolute atomic E-state index is 0.0161. The van der Waals surface area contributed by atoms with E-state index in [1.165, 1.54) is 19.1 Å². The number of carbonyl (C=O) groups excluding carboxylic acids is 1. The summed E-state index contributed by atoms with van der Waals surface area (Å²) in [7, 11) is 0. The average molecular weight is 212 g/mol. The number of Topliss-reactive ketones (excluding diaryl/α,β-unsaturated/α-hetero) is 1. The fraction of sp³-hybridized carbons (Fsp3) is 0.417. The summed E-state index contributed by atoms with van der Waals surface area (Å²) in [6.45, 7) is 3.43. The minimum atomic E-state index is -0.852. The Bertz CT molecular complexity index is 361. The predicted octanol–water partition coefficient (Wildman–Crippen LogP) is 3.44. The number of hydrogen-bond acceptors (Lipinski definition) is 1. The van der Waals surface area contributed by atoms with Crippen molar-refractivity contribution in [3.63, 3.8) is 0 Å². The smallest absolute Gasteiger partial charge is 0.159 e. The van der Waals surface area contributed by atoms with Gasteiger partial charge in [-0.1, -0.05) is 13.0 Å². The molecule has 0 spiro atoms. The molecule has 1 unspecified atom stereocenters. The highest BCUT2D eigenvalue weighted by Gasteiger charge is 2.13. The van der Waals surface area contributed by atoms with Crippen molar-refractivity contribution >= 4 is 5.78 Å². The second-order valence-corrected chi connectivity index (χ2v) is 3.68. The Hall–Kier alpha value is -1.25. The monoisotopic (exact) mass is 212 g/mol. The fourth-order valence-corrected chi connectivity index (χ4v) is 1.61. The van der Waals surface area contributed by atoms with Crippen LogP contribution in [0.15, 0.2) is 18.2 Å². The molecule has 0 saturated carbocycles. The van der Waals surface area contributed by atoms with Gasteiger partial charge in [0.2, 0.25) is 0 Å². The summed E-state index contributed by atoms with van der Waals surface area (Å²) in [5.41, 5.74) is 0.687. The standard InChI is InChI=1S/C12H14F2O/c1-3-9(6-8(2)15)10-4-5-11(13)12(14)7-10/h4-5,7,9H,3,6H2,1-2H3. The van der Waals surface area contributed by atoms with Crippen LogP contribution in [0.25, 0.3) is 0 Å². The largest absolute Gasteiger partial charge is 0.300 e. The van der Waals surface area contributed by atoms with Crippen molar-refractivity contribution in [3.05, 3.63) is 35.4 Å². The van der Waals surface area contributed by atoms with E-state index < -0.39 is 11.6 Å². The molecule has 1 atom stereocenters. The maximum atomic E-state index is 13.0. The van der Waals surface area contributed by atoms with Gasteiger partial charge in [-0.05, 0) is 37.0 Å². The average Bonchev–Trinajstić information content (AvgIpc) is 2.18. The molecule has 1 aromatic rings. The van der Waals surface area contributed by atoms with Gasteiger partial charge < -0.3 is 4.79 Å². The molecule has 1 nitrogen and oxygen atoms in total. The molecule has 0 fully saturated rings. The highest BCUT2D eigenvalue weighted by Crippen LogP contribution is 2.24. The molecule has 0 amide bonds. The first-order valence-electron chi connectivity index (χ1n) is 4.99. The van der Waals surface area contributed by atoms with Crippen LogP contribution in [-0.2, 0) is 4.79 Å². The quantitative estimate of drug-likeness (QED) is 0.747. The van der Waals surface area contributed by atoms with Crippen LogP contribution >= 0.6 is 0 Å². The lowest BCUT2D eigenvalue weighted by molar-refractivity contribution is -0.117. The van der Waals surface area contributed by atoms with Crippen LogP contribution in [-0.4, -0.2) is 5.78 Å². The van der Waals surface area contributed by atoms with Gasteiger partial charge in [0.25, 0.3) is 0 Å². The molecule has 0 saturated heterocycles. The van der Waals surface area contributed by atoms with Crippen molar-refractivity contribution in [1.29, 1.82) is 0 Å². The molecular formula is C12H14F2O. The third-order valence-corrected chi connectivity index (χ3v) is 2.44. The first kappa shape index (κ1) is 11.8. The van der Waals surface area contributed by atoms with Crippen LogP contribution in [0.3, 0.4) is 0 Å². The second kappa shape index (κ2) is 5.01. The Morgan fingerprint density at radius 1 is 1.33 bits per heavy atom. The van der Waals surface area contributed by atoms with Crippen LogP contribution in [0.2, 0.25) is 0 Å². The lowest BCUT2D eigenvalue weighted by Gasteiger charge is -2.13. The van der Waals surface area contributed by atoms with Crippen LogP contribution < -0.4 is 0 Å². The van der Waals surface area contributed by atoms with Crippen LogP contribution in [0.5, 0.6) is 0 Å². The van der Waals surface area contributed by atoms with Crippen molar-refractivity contribution in [2.24, 2.45) is 0 Å². The first-order valence-corrected chi connectivity index (χ1v) is 4.99. The third kappa shape index (κ3) is 3.11. The number of rotatable bonds is 4. The summed E-state index contributed by atoms with van der Waals surface area (Å²) >= 11 is 0. The fourth-order valence-electron chi connectivity index (χ4n) is 1.61. The molecule has 0 N–H and O–H groups in total. The van der Waals surface area contributed by atoms with Gasteiger partial charge in [0, 0.05) is 6.42 Å². The van der Waals surface area contributed by atoms with E-state index in [1.54, 1.807) is 0 Å². The number of halogens is 2. The molecule has 0 radical (unpaired) electrons. The predicted molar refractivity (Wildman–Crippen MR) is 54.7 cm³/mol. The number of benzene rings is 1. The van der Waals surface area contributed by atoms with Gasteiger partial charge in [0.1, 0.15) is 5.78 Å². The Morgan fingerprint density at radius 3 is 2.47 bits per heavy atom. The van der Waals surface area contributed by atoms with Crippen molar-refractivity contribution in [2.45, 2.75) is 32.6 Å². The van der Waals surface area contributed by atoms with Crippen molar-refractivity contribution in [1.82, 2.24) is 0 Å². The topological polar surface area (TPSA) is 17.1 Å². The molecule has 0 aromatic heterocycles. The van der Waals surface area contributed by atoms with E-state index in [1.807, 2.05) is 6.92 Å². The molecule has 3 heteroatoms. The van der Waals surface area contributed by atoms with Gasteiger partial charge in [-0.15, -0.1) is 0 Å². The maximum Gasteiger partial charge on any atom is 0.159 e. The Kier molecular flexibility index (Phi) is 3.95. The van der Waals surface area contributed by atoms with Gasteiger partial charge in [0.05, 0.1) is 0 Å². The molecule has 0 bridgehead atoms. The zero-order chi connectivity index (χ0) is 11.4. The highest BCUT2D eigenvalue weighted by atomic mass is 19.2. The zero-order valence-corrected chi connectivity index (χ0v) is 8.89. The van der Waals surface area contributed by atoms with Crippen LogP contribution in [0, 0.1) is 11.6 Å². The van der Waals surface area contributed by atoms with Gasteiger partial charge >= 0.3 is 0 Å². The van der Waals surface area contributed by atoms with Crippen LogP contribution in [0.1, 0.15) is 38.2 Å². The first-order chi connectivity index (χ1) is 7.04. The zero-order valence-electron chi connectivity index (χ0n) is 8.89. The van der Waals surface area contributed by atoms with Crippen molar-refractivity contribution in [3.8, 4) is 0 Å². The summed E-state index contributed by atoms with van der Waals surface area (Å²) in [6, 6.07) is 3.81. The van der Waals surface area contributed by atoms with E-state index in [0.717, 1.165) is 12.5 Å². The number of hydrogen-bond donors (Lipinski definition) is 0. The SMILES string of the molecule is CCC(CC(C)=O)c1ccc(F)c(F)c1. The van der Waals surface area contributed by atoms with Gasteiger partial charge in [-0.25, -0.2) is 8.78 Å². The molecular weight excluding hydrogens is 198 g/mol. The summed E-state index contributed by atoms with van der Waals surface area (Å²) in [5, 5.41) is 0. The van der Waals surface area contributed by atoms with E-state index in [4.69, 9.17) is 0 Å². The van der Waals surface area contributed by atoms with Crippen molar-refractivity contribution < 1.29 is 13.6 Å². The maximum absolute atomic E-state index is 13.0. The molecule has 0 aliphatic rings. The summed E-state index contributed by atoms with van der Waals surface area (Å²) in [4.78, 5) is 11.0. The van der Waals surface area contributed by atoms with E-state index in [2.05, 4.69) is 0 Å². The lowest BCUT2D eigenvalue weighted by atomic mass is 9.92. The molecule has 82 valence electrons. The van der Waals surface area contributed by atoms with Gasteiger partial charge in [-0.2, -0.15) is 0 Å². The van der Waals surface area contributed by atoms with E-state index >= 15 is 0 Å². The Morgan fingerprint density at radius 2 is 2.00 bits per heavy atom.